The van der Waals surface area contributed by atoms with Gasteiger partial charge >= 0.3 is 5.97 Å². The lowest BCUT2D eigenvalue weighted by Gasteiger charge is -2.34. The van der Waals surface area contributed by atoms with E-state index < -0.39 is 8.07 Å². The number of carbonyl (C=O) groups is 1. The normalized spacial score (nSPS) is 14.0. The van der Waals surface area contributed by atoms with Crippen molar-refractivity contribution in [1.82, 2.24) is 0 Å². The molecule has 0 saturated carbocycles. The van der Waals surface area contributed by atoms with Crippen molar-refractivity contribution >= 4 is 24.4 Å². The van der Waals surface area contributed by atoms with Gasteiger partial charge in [0.05, 0.1) is 12.7 Å². The Labute approximate surface area is 154 Å². The first-order chi connectivity index (χ1) is 12.5. The maximum Gasteiger partial charge on any atom is 0.338 e. The topological polar surface area (TPSA) is 35.5 Å². The van der Waals surface area contributed by atoms with Crippen LogP contribution in [-0.4, -0.2) is 21.2 Å². The molecular weight excluding hydrogens is 340 g/mol. The Kier molecular flexibility index (Phi) is 3.92. The molecule has 0 spiro atoms. The molecule has 0 radical (unpaired) electrons. The van der Waals surface area contributed by atoms with Crippen molar-refractivity contribution in [2.24, 2.45) is 0 Å². The summed E-state index contributed by atoms with van der Waals surface area (Å²) in [5.41, 5.74) is 2.31. The van der Waals surface area contributed by atoms with Crippen LogP contribution in [0.15, 0.2) is 66.7 Å². The van der Waals surface area contributed by atoms with E-state index in [1.807, 2.05) is 42.5 Å². The van der Waals surface area contributed by atoms with Gasteiger partial charge in [0, 0.05) is 5.56 Å². The highest BCUT2D eigenvalue weighted by Crippen LogP contribution is 2.38. The first-order valence-electron chi connectivity index (χ1n) is 8.62. The summed E-state index contributed by atoms with van der Waals surface area (Å²) in [5, 5.41) is 2.54. The minimum Gasteiger partial charge on any atom is -0.465 e. The first-order valence-corrected chi connectivity index (χ1v) is 11.6. The first kappa shape index (κ1) is 16.6. The summed E-state index contributed by atoms with van der Waals surface area (Å²) >= 11 is 0. The molecule has 1 heterocycles. The van der Waals surface area contributed by atoms with Gasteiger partial charge in [0.25, 0.3) is 0 Å². The monoisotopic (exact) mass is 360 g/mol. The second kappa shape index (κ2) is 6.14. The lowest BCUT2D eigenvalue weighted by atomic mass is 9.98. The van der Waals surface area contributed by atoms with Crippen molar-refractivity contribution in [1.29, 1.82) is 0 Å². The highest BCUT2D eigenvalue weighted by atomic mass is 28.3. The van der Waals surface area contributed by atoms with Gasteiger partial charge in [-0.15, -0.1) is 0 Å². The summed E-state index contributed by atoms with van der Waals surface area (Å²) in [6, 6.07) is 22.0. The van der Waals surface area contributed by atoms with E-state index in [-0.39, 0.29) is 5.97 Å². The molecule has 0 N–H and O–H groups in total. The number of carbonyl (C=O) groups excluding carboxylic acids is 1. The largest absolute Gasteiger partial charge is 0.465 e. The van der Waals surface area contributed by atoms with E-state index >= 15 is 0 Å². The van der Waals surface area contributed by atoms with E-state index in [1.54, 1.807) is 6.07 Å². The Morgan fingerprint density at radius 2 is 1.50 bits per heavy atom. The molecule has 3 nitrogen and oxygen atoms in total. The van der Waals surface area contributed by atoms with Crippen molar-refractivity contribution in [3.8, 4) is 22.6 Å². The second-order valence-corrected chi connectivity index (χ2v) is 11.3. The van der Waals surface area contributed by atoms with Crippen LogP contribution >= 0.6 is 0 Å². The summed E-state index contributed by atoms with van der Waals surface area (Å²) in [6.45, 7) is 4.67. The van der Waals surface area contributed by atoms with Crippen molar-refractivity contribution in [2.75, 3.05) is 7.11 Å². The van der Waals surface area contributed by atoms with Crippen molar-refractivity contribution < 1.29 is 14.3 Å². The number of benzene rings is 3. The molecule has 26 heavy (non-hydrogen) atoms. The van der Waals surface area contributed by atoms with Gasteiger partial charge in [-0.05, 0) is 28.1 Å². The maximum absolute atomic E-state index is 12.2. The van der Waals surface area contributed by atoms with Crippen LogP contribution in [0.1, 0.15) is 10.4 Å². The quantitative estimate of drug-likeness (QED) is 0.510. The highest BCUT2D eigenvalue weighted by Gasteiger charge is 2.37. The minimum absolute atomic E-state index is 0.342. The zero-order valence-corrected chi connectivity index (χ0v) is 16.1. The zero-order valence-electron chi connectivity index (χ0n) is 15.1. The van der Waals surface area contributed by atoms with Crippen molar-refractivity contribution in [3.63, 3.8) is 0 Å². The molecule has 0 bridgehead atoms. The fourth-order valence-electron chi connectivity index (χ4n) is 3.68. The molecule has 0 unspecified atom stereocenters. The lowest BCUT2D eigenvalue weighted by molar-refractivity contribution is 0.0601. The van der Waals surface area contributed by atoms with Gasteiger partial charge in [-0.25, -0.2) is 4.79 Å². The summed E-state index contributed by atoms with van der Waals surface area (Å²) in [4.78, 5) is 12.2. The average molecular weight is 360 g/mol. The number of esters is 1. The van der Waals surface area contributed by atoms with Crippen LogP contribution in [0, 0.1) is 0 Å². The molecular formula is C22H20O3Si. The number of hydrogen-bond donors (Lipinski definition) is 0. The fourth-order valence-corrected chi connectivity index (χ4v) is 6.50. The lowest BCUT2D eigenvalue weighted by Crippen LogP contribution is -2.56. The molecule has 0 aromatic heterocycles. The molecule has 0 atom stereocenters. The molecule has 3 aromatic rings. The third-order valence-electron chi connectivity index (χ3n) is 5.08. The van der Waals surface area contributed by atoms with Gasteiger partial charge in [-0.2, -0.15) is 0 Å². The third-order valence-corrected chi connectivity index (χ3v) is 8.58. The zero-order chi connectivity index (χ0) is 18.3. The van der Waals surface area contributed by atoms with E-state index in [0.717, 1.165) is 22.6 Å². The summed E-state index contributed by atoms with van der Waals surface area (Å²) in [5.74, 6) is 1.44. The molecule has 1 aliphatic heterocycles. The third kappa shape index (κ3) is 2.45. The number of rotatable bonds is 2. The molecule has 1 aliphatic rings. The number of hydrogen-bond acceptors (Lipinski definition) is 3. The summed E-state index contributed by atoms with van der Waals surface area (Å²) < 4.78 is 11.3. The van der Waals surface area contributed by atoms with Gasteiger partial charge in [0.15, 0.2) is 0 Å². The molecule has 0 amide bonds. The van der Waals surface area contributed by atoms with Gasteiger partial charge < -0.3 is 9.47 Å². The van der Waals surface area contributed by atoms with Gasteiger partial charge in [-0.3, -0.25) is 0 Å². The standard InChI is InChI=1S/C22H20O3Si/c1-24-22(23)17-10-5-4-9-15(17)16-11-8-14-20-21(16)25-18-12-6-7-13-19(18)26(20,2)3/h4-14H,1-3H3. The van der Waals surface area contributed by atoms with Crippen LogP contribution < -0.4 is 15.1 Å². The van der Waals surface area contributed by atoms with Crippen LogP contribution in [0.3, 0.4) is 0 Å². The molecule has 0 aliphatic carbocycles. The van der Waals surface area contributed by atoms with Crippen LogP contribution in [0.5, 0.6) is 11.5 Å². The highest BCUT2D eigenvalue weighted by molar-refractivity contribution is 7.01. The predicted octanol–water partition coefficient (Wildman–Crippen LogP) is 4.07. The van der Waals surface area contributed by atoms with E-state index in [2.05, 4.69) is 31.3 Å². The molecule has 4 heteroatoms. The molecule has 3 aromatic carbocycles. The van der Waals surface area contributed by atoms with Gasteiger partial charge in [0.1, 0.15) is 19.6 Å². The Hall–Kier alpha value is -2.85. The Morgan fingerprint density at radius 1 is 0.846 bits per heavy atom. The average Bonchev–Trinajstić information content (AvgIpc) is 2.67. The van der Waals surface area contributed by atoms with E-state index in [0.29, 0.717) is 5.56 Å². The summed E-state index contributed by atoms with van der Waals surface area (Å²) in [7, 11) is -0.485. The number of methoxy groups -OCH3 is 1. The van der Waals surface area contributed by atoms with Crippen molar-refractivity contribution in [3.05, 3.63) is 72.3 Å². The number of fused-ring (bicyclic) bond motifs is 2. The molecule has 130 valence electrons. The van der Waals surface area contributed by atoms with Crippen LogP contribution in [0.2, 0.25) is 13.1 Å². The van der Waals surface area contributed by atoms with E-state index in [9.17, 15) is 4.79 Å². The van der Waals surface area contributed by atoms with E-state index in [1.165, 1.54) is 17.5 Å². The fraction of sp³-hybridized carbons (Fsp3) is 0.136. The predicted molar refractivity (Wildman–Crippen MR) is 106 cm³/mol. The van der Waals surface area contributed by atoms with Crippen LogP contribution in [0.4, 0.5) is 0 Å². The SMILES string of the molecule is COC(=O)c1ccccc1-c1cccc2c1Oc1ccccc1[Si]2(C)C. The van der Waals surface area contributed by atoms with Crippen LogP contribution in [-0.2, 0) is 4.74 Å². The van der Waals surface area contributed by atoms with Crippen molar-refractivity contribution in [2.45, 2.75) is 13.1 Å². The molecule has 0 saturated heterocycles. The van der Waals surface area contributed by atoms with Crippen LogP contribution in [0.25, 0.3) is 11.1 Å². The maximum atomic E-state index is 12.2. The van der Waals surface area contributed by atoms with Gasteiger partial charge in [0.2, 0.25) is 0 Å². The van der Waals surface area contributed by atoms with Gasteiger partial charge in [-0.1, -0.05) is 67.7 Å². The number of para-hydroxylation sites is 2. The summed E-state index contributed by atoms with van der Waals surface area (Å²) in [6.07, 6.45) is 0. The number of ether oxygens (including phenoxy) is 2. The van der Waals surface area contributed by atoms with E-state index in [4.69, 9.17) is 9.47 Å². The Bertz CT molecular complexity index is 1010. The Balaban J connectivity index is 1.96. The minimum atomic E-state index is -1.89. The molecule has 4 rings (SSSR count). The smallest absolute Gasteiger partial charge is 0.338 e. The molecule has 0 fully saturated rings. The Morgan fingerprint density at radius 3 is 2.31 bits per heavy atom. The second-order valence-electron chi connectivity index (χ2n) is 6.94.